The molecule has 1 nitrogen and oxygen atoms in total. The van der Waals surface area contributed by atoms with E-state index in [0.29, 0.717) is 17.9 Å². The van der Waals surface area contributed by atoms with Crippen molar-refractivity contribution < 1.29 is 13.5 Å². The number of halogens is 2. The van der Waals surface area contributed by atoms with E-state index in [1.54, 1.807) is 6.07 Å². The molecule has 0 bridgehead atoms. The molecule has 1 aromatic carbocycles. The Kier molecular flexibility index (Phi) is 5.68. The predicted molar refractivity (Wildman–Crippen MR) is 88.4 cm³/mol. The van der Waals surface area contributed by atoms with E-state index < -0.39 is 11.6 Å². The largest absolute Gasteiger partial charge is 0.378 e. The Hall–Kier alpha value is -0.960. The minimum Gasteiger partial charge on any atom is -0.378 e. The molecule has 2 aliphatic rings. The molecule has 0 saturated heterocycles. The molecule has 23 heavy (non-hydrogen) atoms. The van der Waals surface area contributed by atoms with Crippen LogP contribution >= 0.6 is 0 Å². The Bertz CT molecular complexity index is 500. The summed E-state index contributed by atoms with van der Waals surface area (Å²) in [5.41, 5.74) is 0.949. The van der Waals surface area contributed by atoms with Crippen molar-refractivity contribution >= 4 is 0 Å². The van der Waals surface area contributed by atoms with Gasteiger partial charge in [0.1, 0.15) is 0 Å². The zero-order valence-corrected chi connectivity index (χ0v) is 14.1. The molecule has 2 aliphatic carbocycles. The van der Waals surface area contributed by atoms with Crippen molar-refractivity contribution in [2.45, 2.75) is 70.3 Å². The molecule has 3 heteroatoms. The van der Waals surface area contributed by atoms with Crippen molar-refractivity contribution in [2.75, 3.05) is 6.61 Å². The van der Waals surface area contributed by atoms with Crippen LogP contribution in [0.3, 0.4) is 0 Å². The summed E-state index contributed by atoms with van der Waals surface area (Å²) in [5.74, 6) is 0.395. The van der Waals surface area contributed by atoms with E-state index in [9.17, 15) is 8.78 Å². The highest BCUT2D eigenvalue weighted by molar-refractivity contribution is 5.22. The van der Waals surface area contributed by atoms with Crippen LogP contribution in [-0.4, -0.2) is 12.7 Å². The number of rotatable bonds is 4. The van der Waals surface area contributed by atoms with E-state index in [1.165, 1.54) is 37.8 Å². The lowest BCUT2D eigenvalue weighted by molar-refractivity contribution is -0.00640. The zero-order valence-electron chi connectivity index (χ0n) is 14.1. The first kappa shape index (κ1) is 16.9. The summed E-state index contributed by atoms with van der Waals surface area (Å²) in [6, 6.07) is 4.37. The molecule has 3 rings (SSSR count). The lowest BCUT2D eigenvalue weighted by atomic mass is 9.79. The van der Waals surface area contributed by atoms with Gasteiger partial charge in [-0.1, -0.05) is 13.0 Å². The lowest BCUT2D eigenvalue weighted by Crippen LogP contribution is -2.25. The van der Waals surface area contributed by atoms with Crippen LogP contribution < -0.4 is 0 Å². The minimum atomic E-state index is -0.752. The summed E-state index contributed by atoms with van der Waals surface area (Å²) in [6.07, 6.45) is 9.87. The molecule has 2 saturated carbocycles. The average Bonchev–Trinajstić information content (AvgIpc) is 2.57. The fourth-order valence-corrected chi connectivity index (χ4v) is 4.10. The first-order chi connectivity index (χ1) is 11.1. The minimum absolute atomic E-state index is 0.372. The van der Waals surface area contributed by atoms with Crippen LogP contribution in [0.15, 0.2) is 18.2 Å². The third-order valence-corrected chi connectivity index (χ3v) is 5.79. The fourth-order valence-electron chi connectivity index (χ4n) is 4.10. The van der Waals surface area contributed by atoms with Crippen LogP contribution in [0.1, 0.15) is 69.8 Å². The Morgan fingerprint density at radius 2 is 1.61 bits per heavy atom. The zero-order chi connectivity index (χ0) is 16.2. The first-order valence-corrected chi connectivity index (χ1v) is 9.18. The molecule has 128 valence electrons. The van der Waals surface area contributed by atoms with Crippen LogP contribution in [0, 0.1) is 23.5 Å². The van der Waals surface area contributed by atoms with Crippen LogP contribution in [0.5, 0.6) is 0 Å². The van der Waals surface area contributed by atoms with Gasteiger partial charge in [-0.25, -0.2) is 8.78 Å². The molecule has 2 fully saturated rings. The third-order valence-electron chi connectivity index (χ3n) is 5.79. The molecule has 1 aromatic rings. The lowest BCUT2D eigenvalue weighted by Gasteiger charge is -2.31. The second-order valence-electron chi connectivity index (χ2n) is 7.61. The van der Waals surface area contributed by atoms with Crippen LogP contribution in [0.4, 0.5) is 8.78 Å². The first-order valence-electron chi connectivity index (χ1n) is 9.18. The summed E-state index contributed by atoms with van der Waals surface area (Å²) in [6.45, 7) is 3.21. The van der Waals surface area contributed by atoms with E-state index in [0.717, 1.165) is 43.8 Å². The molecule has 0 N–H and O–H groups in total. The predicted octanol–water partition coefficient (Wildman–Crippen LogP) is 5.83. The molecule has 0 aromatic heterocycles. The number of ether oxygens (including phenoxy) is 1. The summed E-state index contributed by atoms with van der Waals surface area (Å²) in [7, 11) is 0. The smallest absolute Gasteiger partial charge is 0.159 e. The Morgan fingerprint density at radius 1 is 0.913 bits per heavy atom. The van der Waals surface area contributed by atoms with E-state index in [2.05, 4.69) is 6.92 Å². The van der Waals surface area contributed by atoms with Gasteiger partial charge in [0, 0.05) is 6.61 Å². The highest BCUT2D eigenvalue weighted by Crippen LogP contribution is 2.37. The van der Waals surface area contributed by atoms with Crippen molar-refractivity contribution in [3.63, 3.8) is 0 Å². The van der Waals surface area contributed by atoms with Crippen molar-refractivity contribution in [2.24, 2.45) is 11.8 Å². The van der Waals surface area contributed by atoms with Gasteiger partial charge in [-0.2, -0.15) is 0 Å². The van der Waals surface area contributed by atoms with Gasteiger partial charge in [-0.15, -0.1) is 0 Å². The maximum absolute atomic E-state index is 13.4. The monoisotopic (exact) mass is 322 g/mol. The summed E-state index contributed by atoms with van der Waals surface area (Å²) in [4.78, 5) is 0. The molecule has 0 spiro atoms. The van der Waals surface area contributed by atoms with Gasteiger partial charge in [-0.05, 0) is 86.8 Å². The van der Waals surface area contributed by atoms with E-state index in [1.807, 2.05) is 0 Å². The quantitative estimate of drug-likeness (QED) is 0.677. The molecule has 0 heterocycles. The number of hydrogen-bond donors (Lipinski definition) is 0. The molecule has 0 amide bonds. The highest BCUT2D eigenvalue weighted by atomic mass is 19.2. The van der Waals surface area contributed by atoms with Gasteiger partial charge in [0.2, 0.25) is 0 Å². The van der Waals surface area contributed by atoms with Crippen molar-refractivity contribution in [3.05, 3.63) is 35.4 Å². The van der Waals surface area contributed by atoms with Crippen LogP contribution in [-0.2, 0) is 4.74 Å². The SMILES string of the molecule is CC1CCC(OCC2CCC(c3ccc(F)c(F)c3)CC2)CC1. The summed E-state index contributed by atoms with van der Waals surface area (Å²) >= 11 is 0. The maximum atomic E-state index is 13.4. The van der Waals surface area contributed by atoms with Crippen LogP contribution in [0.2, 0.25) is 0 Å². The normalized spacial score (nSPS) is 32.0. The van der Waals surface area contributed by atoms with E-state index in [4.69, 9.17) is 4.74 Å². The number of hydrogen-bond acceptors (Lipinski definition) is 1. The van der Waals surface area contributed by atoms with Crippen LogP contribution in [0.25, 0.3) is 0 Å². The Balaban J connectivity index is 1.42. The van der Waals surface area contributed by atoms with Gasteiger partial charge in [0.05, 0.1) is 6.10 Å². The molecular formula is C20H28F2O. The summed E-state index contributed by atoms with van der Waals surface area (Å²) in [5, 5.41) is 0. The van der Waals surface area contributed by atoms with Crippen molar-refractivity contribution in [1.29, 1.82) is 0 Å². The van der Waals surface area contributed by atoms with Gasteiger partial charge in [0.15, 0.2) is 11.6 Å². The summed E-state index contributed by atoms with van der Waals surface area (Å²) < 4.78 is 32.5. The maximum Gasteiger partial charge on any atom is 0.159 e. The molecule has 0 unspecified atom stereocenters. The Morgan fingerprint density at radius 3 is 2.26 bits per heavy atom. The molecule has 0 radical (unpaired) electrons. The number of benzene rings is 1. The van der Waals surface area contributed by atoms with Gasteiger partial charge in [0.25, 0.3) is 0 Å². The highest BCUT2D eigenvalue weighted by Gasteiger charge is 2.25. The third kappa shape index (κ3) is 4.53. The van der Waals surface area contributed by atoms with Gasteiger partial charge in [-0.3, -0.25) is 0 Å². The molecular weight excluding hydrogens is 294 g/mol. The van der Waals surface area contributed by atoms with Crippen molar-refractivity contribution in [3.8, 4) is 0 Å². The fraction of sp³-hybridized carbons (Fsp3) is 0.700. The second-order valence-corrected chi connectivity index (χ2v) is 7.61. The molecule has 0 aliphatic heterocycles. The Labute approximate surface area is 138 Å². The second kappa shape index (κ2) is 7.74. The van der Waals surface area contributed by atoms with E-state index >= 15 is 0 Å². The van der Waals surface area contributed by atoms with Gasteiger partial charge >= 0.3 is 0 Å². The standard InChI is InChI=1S/C20H28F2O/c1-14-2-9-18(10-3-14)23-13-15-4-6-16(7-5-15)17-8-11-19(21)20(22)12-17/h8,11-12,14-16,18H,2-7,9-10,13H2,1H3. The van der Waals surface area contributed by atoms with Crippen molar-refractivity contribution in [1.82, 2.24) is 0 Å². The molecule has 0 atom stereocenters. The van der Waals surface area contributed by atoms with E-state index in [-0.39, 0.29) is 0 Å². The topological polar surface area (TPSA) is 9.23 Å². The van der Waals surface area contributed by atoms with Gasteiger partial charge < -0.3 is 4.74 Å². The average molecular weight is 322 g/mol.